The first-order valence-electron chi connectivity index (χ1n) is 15.0. The molecule has 7 heteroatoms. The number of phenolic OH excluding ortho intramolecular Hbond substituents is 1. The van der Waals surface area contributed by atoms with Crippen LogP contribution in [-0.4, -0.2) is 66.1 Å². The lowest BCUT2D eigenvalue weighted by atomic mass is 9.50. The molecule has 2 aromatic rings. The highest BCUT2D eigenvalue weighted by atomic mass is 35.5. The van der Waals surface area contributed by atoms with Gasteiger partial charge in [-0.1, -0.05) is 55.8 Å². The lowest BCUT2D eigenvalue weighted by Crippen LogP contribution is -2.61. The molecule has 5 nitrogen and oxygen atoms in total. The van der Waals surface area contributed by atoms with Crippen LogP contribution in [-0.2, 0) is 16.6 Å². The van der Waals surface area contributed by atoms with Crippen molar-refractivity contribution in [3.05, 3.63) is 65.7 Å². The minimum atomic E-state index is -0.0370. The van der Waals surface area contributed by atoms with Gasteiger partial charge in [-0.3, -0.25) is 4.79 Å². The molecule has 5 rings (SSSR count). The molecule has 1 saturated carbocycles. The summed E-state index contributed by atoms with van der Waals surface area (Å²) in [4.78, 5) is 18.1. The number of aryl methyl sites for hydroxylation is 1. The average Bonchev–Trinajstić information content (AvgIpc) is 2.93. The standard InChI is InChI=1S/C33H47N3O2.2ClH/c1-32-17-15-29(34-31(38)16-22-35-19-6-3-7-20-35)25-33(32,28-13-8-14-30(37)24-28)18-23-36(26-32)21-9-12-27-10-4-2-5-11-27;;/h2,4-5,8,10-11,13-14,24,29,37H,3,6-7,9,12,15-23,25-26H2,1H3,(H,34,38);2*1H/t29-,32-,33-;;/m1../s1. The molecule has 3 atom stereocenters. The van der Waals surface area contributed by atoms with Crippen molar-refractivity contribution in [2.75, 3.05) is 39.3 Å². The van der Waals surface area contributed by atoms with Crippen LogP contribution >= 0.6 is 24.8 Å². The molecule has 3 fully saturated rings. The number of aromatic hydroxyl groups is 1. The highest BCUT2D eigenvalue weighted by molar-refractivity contribution is 5.85. The largest absolute Gasteiger partial charge is 0.508 e. The van der Waals surface area contributed by atoms with Gasteiger partial charge in [0.15, 0.2) is 0 Å². The van der Waals surface area contributed by atoms with Crippen molar-refractivity contribution in [3.8, 4) is 5.75 Å². The number of halogens is 2. The van der Waals surface area contributed by atoms with Gasteiger partial charge in [0.25, 0.3) is 0 Å². The van der Waals surface area contributed by atoms with Crippen LogP contribution in [0.5, 0.6) is 5.75 Å². The lowest BCUT2D eigenvalue weighted by molar-refractivity contribution is -0.123. The number of benzene rings is 2. The van der Waals surface area contributed by atoms with Gasteiger partial charge in [-0.05, 0) is 106 Å². The van der Waals surface area contributed by atoms with Crippen LogP contribution in [0.3, 0.4) is 0 Å². The number of carbonyl (C=O) groups is 1. The van der Waals surface area contributed by atoms with Crippen molar-refractivity contribution in [3.63, 3.8) is 0 Å². The molecular formula is C33H49Cl2N3O2. The Kier molecular flexibility index (Phi) is 12.2. The number of hydrogen-bond acceptors (Lipinski definition) is 4. The smallest absolute Gasteiger partial charge is 0.221 e. The van der Waals surface area contributed by atoms with Gasteiger partial charge in [-0.15, -0.1) is 24.8 Å². The monoisotopic (exact) mass is 589 g/mol. The summed E-state index contributed by atoms with van der Waals surface area (Å²) >= 11 is 0. The van der Waals surface area contributed by atoms with E-state index in [9.17, 15) is 9.90 Å². The predicted octanol–water partition coefficient (Wildman–Crippen LogP) is 6.36. The third kappa shape index (κ3) is 7.73. The van der Waals surface area contributed by atoms with Gasteiger partial charge in [-0.25, -0.2) is 0 Å². The summed E-state index contributed by atoms with van der Waals surface area (Å²) in [5, 5.41) is 13.9. The summed E-state index contributed by atoms with van der Waals surface area (Å²) in [5.41, 5.74) is 2.74. The molecule has 2 saturated heterocycles. The summed E-state index contributed by atoms with van der Waals surface area (Å²) in [6.07, 6.45) is 10.9. The molecule has 0 aromatic heterocycles. The van der Waals surface area contributed by atoms with E-state index in [1.807, 2.05) is 12.1 Å². The minimum Gasteiger partial charge on any atom is -0.508 e. The molecule has 2 N–H and O–H groups in total. The van der Waals surface area contributed by atoms with Gasteiger partial charge < -0.3 is 20.2 Å². The molecule has 0 radical (unpaired) electrons. The molecule has 0 spiro atoms. The zero-order valence-electron chi connectivity index (χ0n) is 24.2. The highest BCUT2D eigenvalue weighted by Gasteiger charge is 2.55. The summed E-state index contributed by atoms with van der Waals surface area (Å²) in [6.45, 7) is 8.88. The third-order valence-corrected chi connectivity index (χ3v) is 9.87. The zero-order chi connectivity index (χ0) is 26.4. The van der Waals surface area contributed by atoms with E-state index in [4.69, 9.17) is 0 Å². The van der Waals surface area contributed by atoms with E-state index >= 15 is 0 Å². The number of carbonyl (C=O) groups excluding carboxylic acids is 1. The number of amides is 1. The second-order valence-electron chi connectivity index (χ2n) is 12.5. The quantitative estimate of drug-likeness (QED) is 0.357. The van der Waals surface area contributed by atoms with Crippen LogP contribution in [0.15, 0.2) is 54.6 Å². The molecule has 40 heavy (non-hydrogen) atoms. The van der Waals surface area contributed by atoms with Crippen LogP contribution in [0.2, 0.25) is 0 Å². The maximum absolute atomic E-state index is 13.0. The van der Waals surface area contributed by atoms with E-state index in [-0.39, 0.29) is 47.6 Å². The molecule has 0 bridgehead atoms. The Morgan fingerprint density at radius 3 is 2.48 bits per heavy atom. The predicted molar refractivity (Wildman–Crippen MR) is 169 cm³/mol. The number of phenols is 1. The lowest BCUT2D eigenvalue weighted by Gasteiger charge is -2.59. The summed E-state index contributed by atoms with van der Waals surface area (Å²) in [6, 6.07) is 19.0. The van der Waals surface area contributed by atoms with Gasteiger partial charge in [-0.2, -0.15) is 0 Å². The maximum atomic E-state index is 13.0. The first kappa shape index (κ1) is 32.7. The molecule has 2 heterocycles. The number of hydrogen-bond donors (Lipinski definition) is 2. The number of fused-ring (bicyclic) bond motifs is 1. The zero-order valence-corrected chi connectivity index (χ0v) is 25.8. The Bertz CT molecular complexity index is 1060. The summed E-state index contributed by atoms with van der Waals surface area (Å²) < 4.78 is 0. The topological polar surface area (TPSA) is 55.8 Å². The van der Waals surface area contributed by atoms with Crippen LogP contribution in [0.1, 0.15) is 75.8 Å². The Balaban J connectivity index is 0.00000220. The Hall–Kier alpha value is -1.79. The summed E-state index contributed by atoms with van der Waals surface area (Å²) in [5.74, 6) is 0.547. The molecule has 222 valence electrons. The van der Waals surface area contributed by atoms with Crippen LogP contribution in [0.25, 0.3) is 0 Å². The fourth-order valence-electron chi connectivity index (χ4n) is 7.68. The Morgan fingerprint density at radius 1 is 0.950 bits per heavy atom. The van der Waals surface area contributed by atoms with E-state index in [0.717, 1.165) is 71.4 Å². The molecule has 3 aliphatic rings. The van der Waals surface area contributed by atoms with Gasteiger partial charge in [0, 0.05) is 31.0 Å². The molecule has 0 unspecified atom stereocenters. The van der Waals surface area contributed by atoms with E-state index in [1.54, 1.807) is 6.07 Å². The van der Waals surface area contributed by atoms with Crippen molar-refractivity contribution in [2.45, 2.75) is 82.6 Å². The Morgan fingerprint density at radius 2 is 1.73 bits per heavy atom. The molecule has 2 aliphatic heterocycles. The molecule has 1 amide bonds. The minimum absolute atomic E-state index is 0. The number of rotatable bonds is 9. The first-order chi connectivity index (χ1) is 18.5. The van der Waals surface area contributed by atoms with E-state index < -0.39 is 0 Å². The van der Waals surface area contributed by atoms with Gasteiger partial charge in [0.2, 0.25) is 5.91 Å². The van der Waals surface area contributed by atoms with Crippen molar-refractivity contribution >= 4 is 30.7 Å². The molecule has 2 aromatic carbocycles. The van der Waals surface area contributed by atoms with Gasteiger partial charge in [0.1, 0.15) is 5.75 Å². The second kappa shape index (κ2) is 14.9. The molecular weight excluding hydrogens is 541 g/mol. The molecule has 1 aliphatic carbocycles. The van der Waals surface area contributed by atoms with Gasteiger partial charge in [0.05, 0.1) is 0 Å². The maximum Gasteiger partial charge on any atom is 0.221 e. The SMILES string of the molecule is C[C@]12CC[C@@H](NC(=O)CCN3CCCCC3)C[C@@]1(c1cccc(O)c1)CCN(CCCc1ccccc1)C2.Cl.Cl. The van der Waals surface area contributed by atoms with Crippen molar-refractivity contribution in [1.29, 1.82) is 0 Å². The fraction of sp³-hybridized carbons (Fsp3) is 0.606. The number of nitrogens with zero attached hydrogens (tertiary/aromatic N) is 2. The van der Waals surface area contributed by atoms with Crippen molar-refractivity contribution in [2.24, 2.45) is 5.41 Å². The average molecular weight is 591 g/mol. The van der Waals surface area contributed by atoms with Crippen LogP contribution in [0, 0.1) is 5.41 Å². The summed E-state index contributed by atoms with van der Waals surface area (Å²) in [7, 11) is 0. The van der Waals surface area contributed by atoms with Crippen molar-refractivity contribution in [1.82, 2.24) is 15.1 Å². The van der Waals surface area contributed by atoms with Crippen LogP contribution in [0.4, 0.5) is 0 Å². The fourth-order valence-corrected chi connectivity index (χ4v) is 7.68. The first-order valence-corrected chi connectivity index (χ1v) is 15.0. The van der Waals surface area contributed by atoms with Gasteiger partial charge >= 0.3 is 0 Å². The van der Waals surface area contributed by atoms with E-state index in [2.05, 4.69) is 58.4 Å². The van der Waals surface area contributed by atoms with Crippen LogP contribution < -0.4 is 5.32 Å². The normalized spacial score (nSPS) is 27.1. The number of piperidine rings is 2. The van der Waals surface area contributed by atoms with E-state index in [1.165, 1.54) is 36.8 Å². The van der Waals surface area contributed by atoms with Crippen molar-refractivity contribution < 1.29 is 9.90 Å². The number of nitrogens with one attached hydrogen (secondary N) is 1. The third-order valence-electron chi connectivity index (χ3n) is 9.87. The second-order valence-corrected chi connectivity index (χ2v) is 12.5. The Labute approximate surface area is 253 Å². The highest BCUT2D eigenvalue weighted by Crippen LogP contribution is 2.57. The number of likely N-dealkylation sites (tertiary alicyclic amines) is 2. The van der Waals surface area contributed by atoms with E-state index in [0.29, 0.717) is 12.2 Å².